The highest BCUT2D eigenvalue weighted by atomic mass is 15.0. The first-order valence-electron chi connectivity index (χ1n) is 4.55. The third-order valence-electron chi connectivity index (χ3n) is 2.60. The summed E-state index contributed by atoms with van der Waals surface area (Å²) in [5, 5.41) is 3.24. The van der Waals surface area contributed by atoms with Crippen LogP contribution in [0.1, 0.15) is 12.8 Å². The Labute approximate surface area is 77.6 Å². The molecule has 1 saturated carbocycles. The van der Waals surface area contributed by atoms with E-state index in [1.54, 1.807) is 18.6 Å². The molecule has 1 aromatic heterocycles. The van der Waals surface area contributed by atoms with E-state index in [0.29, 0.717) is 5.41 Å². The van der Waals surface area contributed by atoms with E-state index in [1.807, 2.05) is 0 Å². The number of nitrogens with zero attached hydrogens (tertiary/aromatic N) is 2. The summed E-state index contributed by atoms with van der Waals surface area (Å²) < 4.78 is 0. The van der Waals surface area contributed by atoms with E-state index in [-0.39, 0.29) is 0 Å². The third kappa shape index (κ3) is 1.95. The number of nitrogens with one attached hydrogen (secondary N) is 1. The molecule has 2 rings (SSSR count). The summed E-state index contributed by atoms with van der Waals surface area (Å²) >= 11 is 0. The number of anilines is 1. The van der Waals surface area contributed by atoms with Crippen molar-refractivity contribution in [2.45, 2.75) is 12.8 Å². The average molecular weight is 178 g/mol. The second-order valence-electron chi connectivity index (χ2n) is 3.65. The molecule has 0 unspecified atom stereocenters. The lowest BCUT2D eigenvalue weighted by atomic mass is 10.1. The molecular formula is C9H14N4. The first-order valence-corrected chi connectivity index (χ1v) is 4.55. The lowest BCUT2D eigenvalue weighted by Crippen LogP contribution is -2.24. The largest absolute Gasteiger partial charge is 0.368 e. The van der Waals surface area contributed by atoms with Gasteiger partial charge in [-0.1, -0.05) is 0 Å². The summed E-state index contributed by atoms with van der Waals surface area (Å²) in [4.78, 5) is 8.10. The molecule has 1 aliphatic rings. The highest BCUT2D eigenvalue weighted by molar-refractivity contribution is 5.30. The Morgan fingerprint density at radius 1 is 1.46 bits per heavy atom. The number of rotatable bonds is 4. The minimum atomic E-state index is 0.345. The van der Waals surface area contributed by atoms with Gasteiger partial charge in [0.15, 0.2) is 0 Å². The maximum absolute atomic E-state index is 5.66. The van der Waals surface area contributed by atoms with Gasteiger partial charge in [0.2, 0.25) is 0 Å². The SMILES string of the molecule is NCC1(CNc2cnccn2)CC1. The van der Waals surface area contributed by atoms with E-state index >= 15 is 0 Å². The van der Waals surface area contributed by atoms with Gasteiger partial charge in [0.1, 0.15) is 5.82 Å². The summed E-state index contributed by atoms with van der Waals surface area (Å²) in [6, 6.07) is 0. The summed E-state index contributed by atoms with van der Waals surface area (Å²) in [7, 11) is 0. The van der Waals surface area contributed by atoms with Crippen molar-refractivity contribution >= 4 is 5.82 Å². The highest BCUT2D eigenvalue weighted by Crippen LogP contribution is 2.44. The Hall–Kier alpha value is -1.16. The first-order chi connectivity index (χ1) is 6.35. The van der Waals surface area contributed by atoms with Gasteiger partial charge in [0, 0.05) is 18.9 Å². The first kappa shape index (κ1) is 8.44. The number of aromatic nitrogens is 2. The van der Waals surface area contributed by atoms with Crippen LogP contribution in [0.5, 0.6) is 0 Å². The van der Waals surface area contributed by atoms with Crippen LogP contribution in [0.3, 0.4) is 0 Å². The lowest BCUT2D eigenvalue weighted by molar-refractivity contribution is 0.555. The molecule has 0 aromatic carbocycles. The summed E-state index contributed by atoms with van der Waals surface area (Å²) in [6.45, 7) is 1.68. The number of hydrogen-bond donors (Lipinski definition) is 2. The Bertz CT molecular complexity index is 268. The van der Waals surface area contributed by atoms with Crippen molar-refractivity contribution in [3.05, 3.63) is 18.6 Å². The van der Waals surface area contributed by atoms with Crippen LogP contribution in [0.2, 0.25) is 0 Å². The molecule has 13 heavy (non-hydrogen) atoms. The molecule has 0 radical (unpaired) electrons. The van der Waals surface area contributed by atoms with E-state index in [9.17, 15) is 0 Å². The Kier molecular flexibility index (Phi) is 2.14. The molecule has 70 valence electrons. The van der Waals surface area contributed by atoms with E-state index < -0.39 is 0 Å². The van der Waals surface area contributed by atoms with Gasteiger partial charge >= 0.3 is 0 Å². The van der Waals surface area contributed by atoms with Gasteiger partial charge in [0.05, 0.1) is 6.20 Å². The fourth-order valence-corrected chi connectivity index (χ4v) is 1.30. The quantitative estimate of drug-likeness (QED) is 0.709. The van der Waals surface area contributed by atoms with Gasteiger partial charge in [-0.2, -0.15) is 0 Å². The fourth-order valence-electron chi connectivity index (χ4n) is 1.30. The molecule has 1 aromatic rings. The predicted molar refractivity (Wildman–Crippen MR) is 51.2 cm³/mol. The van der Waals surface area contributed by atoms with Gasteiger partial charge in [0.25, 0.3) is 0 Å². The zero-order valence-corrected chi connectivity index (χ0v) is 7.53. The average Bonchev–Trinajstić information content (AvgIpc) is 2.97. The van der Waals surface area contributed by atoms with Gasteiger partial charge < -0.3 is 11.1 Å². The van der Waals surface area contributed by atoms with Gasteiger partial charge in [-0.05, 0) is 24.8 Å². The Morgan fingerprint density at radius 2 is 2.31 bits per heavy atom. The highest BCUT2D eigenvalue weighted by Gasteiger charge is 2.40. The zero-order valence-electron chi connectivity index (χ0n) is 7.53. The van der Waals surface area contributed by atoms with Gasteiger partial charge in [-0.15, -0.1) is 0 Å². The summed E-state index contributed by atoms with van der Waals surface area (Å²) in [5.41, 5.74) is 6.00. The molecule has 1 heterocycles. The van der Waals surface area contributed by atoms with E-state index in [0.717, 1.165) is 18.9 Å². The molecule has 0 aliphatic heterocycles. The minimum Gasteiger partial charge on any atom is -0.368 e. The smallest absolute Gasteiger partial charge is 0.144 e. The van der Waals surface area contributed by atoms with Crippen LogP contribution in [0, 0.1) is 5.41 Å². The monoisotopic (exact) mass is 178 g/mol. The maximum Gasteiger partial charge on any atom is 0.144 e. The zero-order chi connectivity index (χ0) is 9.15. The van der Waals surface area contributed by atoms with Crippen LogP contribution < -0.4 is 11.1 Å². The van der Waals surface area contributed by atoms with Crippen LogP contribution in [0.15, 0.2) is 18.6 Å². The van der Waals surface area contributed by atoms with E-state index in [4.69, 9.17) is 5.73 Å². The normalized spacial score (nSPS) is 18.2. The molecular weight excluding hydrogens is 164 g/mol. The van der Waals surface area contributed by atoms with Crippen molar-refractivity contribution in [2.75, 3.05) is 18.4 Å². The van der Waals surface area contributed by atoms with Crippen molar-refractivity contribution < 1.29 is 0 Å². The third-order valence-corrected chi connectivity index (χ3v) is 2.60. The Morgan fingerprint density at radius 3 is 2.85 bits per heavy atom. The second-order valence-corrected chi connectivity index (χ2v) is 3.65. The topological polar surface area (TPSA) is 63.8 Å². The minimum absolute atomic E-state index is 0.345. The van der Waals surface area contributed by atoms with Gasteiger partial charge in [-0.25, -0.2) is 4.98 Å². The van der Waals surface area contributed by atoms with E-state index in [1.165, 1.54) is 12.8 Å². The van der Waals surface area contributed by atoms with Crippen molar-refractivity contribution in [2.24, 2.45) is 11.1 Å². The predicted octanol–water partition coefficient (Wildman–Crippen LogP) is 0.627. The van der Waals surface area contributed by atoms with Gasteiger partial charge in [-0.3, -0.25) is 4.98 Å². The molecule has 3 N–H and O–H groups in total. The molecule has 1 aliphatic carbocycles. The Balaban J connectivity index is 1.86. The fraction of sp³-hybridized carbons (Fsp3) is 0.556. The van der Waals surface area contributed by atoms with Crippen molar-refractivity contribution in [3.63, 3.8) is 0 Å². The lowest BCUT2D eigenvalue weighted by Gasteiger charge is -2.12. The van der Waals surface area contributed by atoms with Crippen LogP contribution in [-0.2, 0) is 0 Å². The van der Waals surface area contributed by atoms with Crippen molar-refractivity contribution in [1.82, 2.24) is 9.97 Å². The molecule has 0 saturated heterocycles. The molecule has 4 heteroatoms. The van der Waals surface area contributed by atoms with E-state index in [2.05, 4.69) is 15.3 Å². The molecule has 0 spiro atoms. The number of hydrogen-bond acceptors (Lipinski definition) is 4. The van der Waals surface area contributed by atoms with Crippen molar-refractivity contribution in [3.8, 4) is 0 Å². The van der Waals surface area contributed by atoms with Crippen LogP contribution >= 0.6 is 0 Å². The summed E-state index contributed by atoms with van der Waals surface area (Å²) in [5.74, 6) is 0.835. The second kappa shape index (κ2) is 3.30. The molecule has 0 bridgehead atoms. The van der Waals surface area contributed by atoms with Crippen LogP contribution in [0.4, 0.5) is 5.82 Å². The van der Waals surface area contributed by atoms with Crippen LogP contribution in [-0.4, -0.2) is 23.1 Å². The molecule has 1 fully saturated rings. The standard InChI is InChI=1S/C9H14N4/c10-6-9(1-2-9)7-13-8-5-11-3-4-12-8/h3-5H,1-2,6-7,10H2,(H,12,13). The van der Waals surface area contributed by atoms with Crippen molar-refractivity contribution in [1.29, 1.82) is 0 Å². The maximum atomic E-state index is 5.66. The summed E-state index contributed by atoms with van der Waals surface area (Å²) in [6.07, 6.45) is 7.55. The van der Waals surface area contributed by atoms with Crippen LogP contribution in [0.25, 0.3) is 0 Å². The molecule has 4 nitrogen and oxygen atoms in total. The molecule has 0 atom stereocenters. The number of nitrogens with two attached hydrogens (primary N) is 1. The molecule has 0 amide bonds.